The van der Waals surface area contributed by atoms with Gasteiger partial charge in [-0.25, -0.2) is 26.3 Å². The first kappa shape index (κ1) is 57.6. The number of alkyl halides is 2. The number of benzene rings is 4. The molecule has 15 rings (SSSR count). The molecular weight excluding hydrogens is 1190 g/mol. The number of hydrogen-bond acceptors (Lipinski definition) is 17. The van der Waals surface area contributed by atoms with E-state index in [1.165, 1.54) is 48.8 Å². The molecule has 8 aromatic rings. The Morgan fingerprint density at radius 3 is 2.06 bits per heavy atom. The number of aromatic nitrogens is 6. The summed E-state index contributed by atoms with van der Waals surface area (Å²) in [5.41, 5.74) is -2.43. The van der Waals surface area contributed by atoms with Crippen molar-refractivity contribution in [3.8, 4) is 46.0 Å². The molecular formula is C63H60Cl2F6N10O7. The van der Waals surface area contributed by atoms with E-state index in [-0.39, 0.29) is 183 Å². The predicted octanol–water partition coefficient (Wildman–Crippen LogP) is 10.6. The van der Waals surface area contributed by atoms with Gasteiger partial charge in [-0.05, 0) is 104 Å². The first-order valence-corrected chi connectivity index (χ1v) is 30.6. The number of ether oxygens (including phenoxy) is 3. The van der Waals surface area contributed by atoms with Gasteiger partial charge in [-0.2, -0.15) is 19.9 Å². The third kappa shape index (κ3) is 9.62. The summed E-state index contributed by atoms with van der Waals surface area (Å²) >= 11 is 13.4. The van der Waals surface area contributed by atoms with Crippen LogP contribution in [-0.4, -0.2) is 169 Å². The van der Waals surface area contributed by atoms with Crippen LogP contribution in [0.2, 0.25) is 10.0 Å². The summed E-state index contributed by atoms with van der Waals surface area (Å²) in [5.74, 6) is -3.80. The number of aliphatic hydroxyl groups excluding tert-OH is 2. The highest BCUT2D eigenvalue weighted by atomic mass is 35.5. The van der Waals surface area contributed by atoms with Gasteiger partial charge < -0.3 is 44.4 Å². The molecule has 7 aliphatic rings. The number of nitrogens with zero attached hydrogens (tertiary/aromatic N) is 10. The van der Waals surface area contributed by atoms with Gasteiger partial charge in [-0.3, -0.25) is 19.8 Å². The first-order chi connectivity index (χ1) is 42.4. The zero-order valence-corrected chi connectivity index (χ0v) is 48.9. The van der Waals surface area contributed by atoms with Crippen molar-refractivity contribution in [1.29, 1.82) is 0 Å². The van der Waals surface area contributed by atoms with Crippen LogP contribution in [0.1, 0.15) is 63.0 Å². The predicted molar refractivity (Wildman–Crippen MR) is 317 cm³/mol. The summed E-state index contributed by atoms with van der Waals surface area (Å²) < 4.78 is 117. The number of piperidine rings is 1. The molecule has 9 atom stereocenters. The zero-order valence-electron chi connectivity index (χ0n) is 47.4. The van der Waals surface area contributed by atoms with E-state index in [0.29, 0.717) is 62.1 Å². The lowest BCUT2D eigenvalue weighted by molar-refractivity contribution is 0.0848. The lowest BCUT2D eigenvalue weighted by atomic mass is 9.91. The number of aromatic hydroxyl groups is 2. The number of phenolic OH excluding ortho intramolecular Hbond substituents is 2. The van der Waals surface area contributed by atoms with E-state index in [1.807, 2.05) is 9.80 Å². The number of hydrogen-bond donors (Lipinski definition) is 4. The number of halogens is 8. The van der Waals surface area contributed by atoms with E-state index < -0.39 is 58.8 Å². The Morgan fingerprint density at radius 2 is 1.34 bits per heavy atom. The maximum absolute atomic E-state index is 17.9. The standard InChI is InChI=1S/C63H60Cl2F6N10O7/c64-50-44(68)3-2-32-12-36(83)14-40(48(32)50)54-52(70)56-42(19-72-54)58(78-8-9-86-27-31(22-78)26-82)76-60(74-56)88-29-63-6-4-46(81(63)25-35(67)18-63)38-16-45(69)51(65)49-39(38)13-37(84)15-41(49)55-53(71)57-43(20-73-55)59(79-21-30-10-33(23-79)47(85)11-30)77-61(75-57)87-28-62-5-1-7-80(62)24-34(66)17-62/h2-3,12-16,19-20,30-31,33-35,46-47,82-85H,1,4-11,17-18,21-29H2/t30?,31?,33?,34-,35-,46?,47?,62+,63+/m1/s1. The molecule has 6 saturated heterocycles. The van der Waals surface area contributed by atoms with Crippen molar-refractivity contribution in [2.45, 2.75) is 86.9 Å². The van der Waals surface area contributed by atoms with Crippen molar-refractivity contribution in [3.05, 3.63) is 93.7 Å². The first-order valence-electron chi connectivity index (χ1n) is 29.9. The van der Waals surface area contributed by atoms with Crippen LogP contribution in [0.25, 0.3) is 65.9 Å². The maximum atomic E-state index is 17.9. The summed E-state index contributed by atoms with van der Waals surface area (Å²) in [6.07, 6.45) is 3.81. The zero-order chi connectivity index (χ0) is 60.7. The van der Waals surface area contributed by atoms with Gasteiger partial charge in [0.1, 0.15) is 82.7 Å². The molecule has 1 saturated carbocycles. The highest BCUT2D eigenvalue weighted by molar-refractivity contribution is 6.37. The molecule has 4 N–H and O–H groups in total. The second-order valence-electron chi connectivity index (χ2n) is 25.2. The van der Waals surface area contributed by atoms with Crippen molar-refractivity contribution in [2.75, 3.05) is 88.6 Å². The average molecular weight is 1250 g/mol. The van der Waals surface area contributed by atoms with Crippen LogP contribution in [0, 0.1) is 41.0 Å². The highest BCUT2D eigenvalue weighted by Crippen LogP contribution is 2.54. The Hall–Kier alpha value is -6.86. The third-order valence-electron chi connectivity index (χ3n) is 19.7. The molecule has 4 aromatic heterocycles. The van der Waals surface area contributed by atoms with E-state index in [1.54, 1.807) is 4.90 Å². The largest absolute Gasteiger partial charge is 0.508 e. The van der Waals surface area contributed by atoms with Crippen LogP contribution < -0.4 is 19.3 Å². The van der Waals surface area contributed by atoms with Crippen LogP contribution in [0.4, 0.5) is 38.0 Å². The van der Waals surface area contributed by atoms with E-state index >= 15 is 22.0 Å². The minimum Gasteiger partial charge on any atom is -0.508 e. The topological polar surface area (TPSA) is 199 Å². The fourth-order valence-corrected chi connectivity index (χ4v) is 16.3. The van der Waals surface area contributed by atoms with Gasteiger partial charge in [-0.1, -0.05) is 29.3 Å². The van der Waals surface area contributed by atoms with Crippen LogP contribution in [-0.2, 0) is 4.74 Å². The molecule has 1 aliphatic carbocycles. The lowest BCUT2D eigenvalue weighted by Gasteiger charge is -2.35. The second kappa shape index (κ2) is 22.0. The average Bonchev–Trinajstić information content (AvgIpc) is 1.40. The van der Waals surface area contributed by atoms with E-state index in [2.05, 4.69) is 24.8 Å². The molecule has 5 unspecified atom stereocenters. The number of aliphatic hydroxyl groups is 2. The van der Waals surface area contributed by atoms with Gasteiger partial charge in [0, 0.05) is 111 Å². The summed E-state index contributed by atoms with van der Waals surface area (Å²) in [6, 6.07) is 7.88. The molecule has 7 fully saturated rings. The maximum Gasteiger partial charge on any atom is 0.319 e. The Morgan fingerprint density at radius 1 is 0.682 bits per heavy atom. The molecule has 88 heavy (non-hydrogen) atoms. The Kier molecular flexibility index (Phi) is 14.4. The molecule has 25 heteroatoms. The molecule has 0 amide bonds. The van der Waals surface area contributed by atoms with Crippen LogP contribution in [0.3, 0.4) is 0 Å². The quantitative estimate of drug-likeness (QED) is 0.0842. The minimum absolute atomic E-state index is 0.0127. The van der Waals surface area contributed by atoms with E-state index in [0.717, 1.165) is 25.5 Å². The van der Waals surface area contributed by atoms with E-state index in [4.69, 9.17) is 47.4 Å². The van der Waals surface area contributed by atoms with Gasteiger partial charge >= 0.3 is 12.0 Å². The van der Waals surface area contributed by atoms with Crippen molar-refractivity contribution >= 4 is 78.2 Å². The van der Waals surface area contributed by atoms with Crippen molar-refractivity contribution < 1.29 is 61.0 Å². The van der Waals surface area contributed by atoms with Gasteiger partial charge in [0.15, 0.2) is 11.6 Å². The van der Waals surface area contributed by atoms with Crippen molar-refractivity contribution in [3.63, 3.8) is 0 Å². The lowest BCUT2D eigenvalue weighted by Crippen LogP contribution is -2.44. The van der Waals surface area contributed by atoms with Gasteiger partial charge in [0.2, 0.25) is 0 Å². The molecule has 0 radical (unpaired) electrons. The van der Waals surface area contributed by atoms with Gasteiger partial charge in [0.05, 0.1) is 51.2 Å². The highest BCUT2D eigenvalue weighted by Gasteiger charge is 2.55. The number of anilines is 2. The summed E-state index contributed by atoms with van der Waals surface area (Å²) in [7, 11) is 0. The van der Waals surface area contributed by atoms with Crippen LogP contribution >= 0.6 is 23.2 Å². The minimum atomic E-state index is -1.39. The number of pyridine rings is 2. The fraction of sp³-hybridized carbons (Fsp3) is 0.460. The van der Waals surface area contributed by atoms with E-state index in [9.17, 15) is 24.8 Å². The number of fused-ring (bicyclic) bond motifs is 8. The SMILES string of the molecule is OCC1COCCN(c2nc(OC[C@@]34CCC(c5cc(F)c(Cl)c6c(-c7ncc8c(N9CC%10CC(O)C(C%10)C9)nc(OC[C@@]9%10CCCN9C[C@H](F)C%10)nc8c7F)cc(O)cc56)N3C[C@H](F)C4)nc3c(F)c(-c4cc(O)cc5ccc(F)c(Cl)c45)ncc23)C1. The smallest absolute Gasteiger partial charge is 0.319 e. The molecule has 6 aliphatic heterocycles. The molecule has 460 valence electrons. The summed E-state index contributed by atoms with van der Waals surface area (Å²) in [6.45, 7) is 2.50. The van der Waals surface area contributed by atoms with Crippen LogP contribution in [0.15, 0.2) is 54.9 Å². The third-order valence-corrected chi connectivity index (χ3v) is 20.5. The van der Waals surface area contributed by atoms with Crippen LogP contribution in [0.5, 0.6) is 23.5 Å². The molecule has 17 nitrogen and oxygen atoms in total. The second-order valence-corrected chi connectivity index (χ2v) is 25.9. The number of rotatable bonds is 12. The normalized spacial score (nSPS) is 27.4. The Labute approximate surface area is 509 Å². The van der Waals surface area contributed by atoms with Gasteiger partial charge in [-0.15, -0.1) is 0 Å². The Balaban J connectivity index is 0.792. The fourth-order valence-electron chi connectivity index (χ4n) is 15.8. The Bertz CT molecular complexity index is 4170. The molecule has 0 spiro atoms. The summed E-state index contributed by atoms with van der Waals surface area (Å²) in [5, 5.41) is 44.0. The van der Waals surface area contributed by atoms with Crippen molar-refractivity contribution in [2.24, 2.45) is 17.8 Å². The summed E-state index contributed by atoms with van der Waals surface area (Å²) in [4.78, 5) is 35.8. The molecule has 10 heterocycles. The number of phenols is 2. The van der Waals surface area contributed by atoms with Gasteiger partial charge in [0.25, 0.3) is 0 Å². The molecule has 4 aromatic carbocycles. The molecule has 2 bridgehead atoms. The van der Waals surface area contributed by atoms with Crippen molar-refractivity contribution in [1.82, 2.24) is 39.7 Å². The monoisotopic (exact) mass is 1250 g/mol.